The number of primary sulfonamides is 1. The van der Waals surface area contributed by atoms with Crippen LogP contribution in [0.4, 0.5) is 0 Å². The predicted molar refractivity (Wildman–Crippen MR) is 113 cm³/mol. The highest BCUT2D eigenvalue weighted by Gasteiger charge is 2.26. The van der Waals surface area contributed by atoms with Crippen molar-refractivity contribution in [3.63, 3.8) is 0 Å². The number of benzene rings is 1. The number of carbonyl (C=O) groups excluding carboxylic acids is 1. The van der Waals surface area contributed by atoms with E-state index in [0.29, 0.717) is 33.7 Å². The molecule has 4 aromatic rings. The number of fused-ring (bicyclic) bond motifs is 1. The number of aryl methyl sites for hydroxylation is 1. The molecule has 0 aliphatic rings. The van der Waals surface area contributed by atoms with E-state index in [1.165, 1.54) is 23.3 Å². The fourth-order valence-electron chi connectivity index (χ4n) is 3.35. The lowest BCUT2D eigenvalue weighted by atomic mass is 10.0. The summed E-state index contributed by atoms with van der Waals surface area (Å²) in [7, 11) is -2.22. The molecule has 0 spiro atoms. The lowest BCUT2D eigenvalue weighted by molar-refractivity contribution is 0.0744. The maximum absolute atomic E-state index is 13.5. The molecule has 0 bridgehead atoms. The van der Waals surface area contributed by atoms with E-state index in [-0.39, 0.29) is 16.5 Å². The van der Waals surface area contributed by atoms with Gasteiger partial charge in [0.25, 0.3) is 11.6 Å². The van der Waals surface area contributed by atoms with E-state index in [2.05, 4.69) is 10.1 Å². The highest BCUT2D eigenvalue weighted by Crippen LogP contribution is 2.30. The average molecular weight is 440 g/mol. The van der Waals surface area contributed by atoms with E-state index in [1.54, 1.807) is 51.2 Å². The quantitative estimate of drug-likeness (QED) is 0.503. The second-order valence-electron chi connectivity index (χ2n) is 7.19. The maximum atomic E-state index is 13.5. The molecule has 9 nitrogen and oxygen atoms in total. The SMILES string of the molecule is Cc1noc2nc(-c3ccco3)cc(C(=O)N(C)C(C)c3cccc(S(N)(=O)=O)c3)c12. The van der Waals surface area contributed by atoms with E-state index in [9.17, 15) is 13.2 Å². The van der Waals surface area contributed by atoms with Crippen molar-refractivity contribution in [2.24, 2.45) is 5.14 Å². The summed E-state index contributed by atoms with van der Waals surface area (Å²) in [6.45, 7) is 3.53. The monoisotopic (exact) mass is 440 g/mol. The molecule has 1 atom stereocenters. The van der Waals surface area contributed by atoms with Gasteiger partial charge in [-0.3, -0.25) is 4.79 Å². The fourth-order valence-corrected chi connectivity index (χ4v) is 3.92. The van der Waals surface area contributed by atoms with E-state index < -0.39 is 16.1 Å². The molecule has 3 aromatic heterocycles. The van der Waals surface area contributed by atoms with E-state index in [4.69, 9.17) is 14.1 Å². The molecule has 10 heteroatoms. The topological polar surface area (TPSA) is 133 Å². The van der Waals surface area contributed by atoms with Gasteiger partial charge in [0.15, 0.2) is 5.76 Å². The Hall–Kier alpha value is -3.50. The van der Waals surface area contributed by atoms with Crippen molar-refractivity contribution >= 4 is 27.0 Å². The predicted octanol–water partition coefficient (Wildman–Crippen LogP) is 3.27. The summed E-state index contributed by atoms with van der Waals surface area (Å²) in [5.74, 6) is 0.182. The number of rotatable bonds is 5. The molecule has 31 heavy (non-hydrogen) atoms. The largest absolute Gasteiger partial charge is 0.463 e. The van der Waals surface area contributed by atoms with Crippen molar-refractivity contribution in [3.8, 4) is 11.5 Å². The third-order valence-electron chi connectivity index (χ3n) is 5.19. The molecular formula is C21H20N4O5S. The number of pyridine rings is 1. The number of amides is 1. The number of aromatic nitrogens is 2. The average Bonchev–Trinajstić information content (AvgIpc) is 3.41. The Morgan fingerprint density at radius 2 is 1.97 bits per heavy atom. The zero-order chi connectivity index (χ0) is 22.3. The van der Waals surface area contributed by atoms with Gasteiger partial charge in [0, 0.05) is 7.05 Å². The Morgan fingerprint density at radius 3 is 2.65 bits per heavy atom. The molecule has 0 saturated carbocycles. The van der Waals surface area contributed by atoms with Crippen molar-refractivity contribution in [2.45, 2.75) is 24.8 Å². The van der Waals surface area contributed by atoms with Crippen molar-refractivity contribution in [2.75, 3.05) is 7.05 Å². The van der Waals surface area contributed by atoms with Crippen molar-refractivity contribution < 1.29 is 22.2 Å². The standard InChI is InChI=1S/C21H20N4O5S/c1-12-19-16(11-17(18-8-5-9-29-18)23-20(19)30-24-12)21(26)25(3)13(2)14-6-4-7-15(10-14)31(22,27)28/h4-11,13H,1-3H3,(H2,22,27,28). The molecule has 0 fully saturated rings. The highest BCUT2D eigenvalue weighted by atomic mass is 32.2. The number of furan rings is 1. The number of carbonyl (C=O) groups is 1. The molecule has 0 saturated heterocycles. The second kappa shape index (κ2) is 7.64. The summed E-state index contributed by atoms with van der Waals surface area (Å²) in [5.41, 5.74) is 2.18. The Balaban J connectivity index is 1.76. The number of hydrogen-bond donors (Lipinski definition) is 1. The van der Waals surface area contributed by atoms with Gasteiger partial charge in [0.1, 0.15) is 5.69 Å². The lowest BCUT2D eigenvalue weighted by Crippen LogP contribution is -2.30. The third-order valence-corrected chi connectivity index (χ3v) is 6.10. The third kappa shape index (κ3) is 3.82. The van der Waals surface area contributed by atoms with Crippen LogP contribution in [0.3, 0.4) is 0 Å². The van der Waals surface area contributed by atoms with Crippen LogP contribution in [0.1, 0.15) is 34.6 Å². The first-order valence-electron chi connectivity index (χ1n) is 9.37. The lowest BCUT2D eigenvalue weighted by Gasteiger charge is -2.26. The molecule has 0 aliphatic heterocycles. The zero-order valence-electron chi connectivity index (χ0n) is 17.1. The van der Waals surface area contributed by atoms with Gasteiger partial charge in [0.2, 0.25) is 10.0 Å². The van der Waals surface area contributed by atoms with Crippen LogP contribution in [0, 0.1) is 6.92 Å². The molecule has 160 valence electrons. The first kappa shape index (κ1) is 20.8. The number of sulfonamides is 1. The van der Waals surface area contributed by atoms with E-state index in [1.807, 2.05) is 0 Å². The Morgan fingerprint density at radius 1 is 1.19 bits per heavy atom. The molecule has 0 aliphatic carbocycles. The zero-order valence-corrected chi connectivity index (χ0v) is 17.9. The minimum Gasteiger partial charge on any atom is -0.463 e. The summed E-state index contributed by atoms with van der Waals surface area (Å²) in [6, 6.07) is 10.9. The molecule has 4 rings (SSSR count). The Bertz CT molecular complexity index is 1380. The summed E-state index contributed by atoms with van der Waals surface area (Å²) in [4.78, 5) is 19.4. The minimum atomic E-state index is -3.86. The summed E-state index contributed by atoms with van der Waals surface area (Å²) in [5, 5.41) is 9.70. The maximum Gasteiger partial charge on any atom is 0.259 e. The Kier molecular flexibility index (Phi) is 5.11. The fraction of sp³-hybridized carbons (Fsp3) is 0.190. The van der Waals surface area contributed by atoms with Gasteiger partial charge in [-0.2, -0.15) is 0 Å². The van der Waals surface area contributed by atoms with Crippen molar-refractivity contribution in [1.82, 2.24) is 15.0 Å². The molecule has 1 amide bonds. The number of nitrogens with two attached hydrogens (primary N) is 1. The summed E-state index contributed by atoms with van der Waals surface area (Å²) in [6.07, 6.45) is 1.51. The van der Waals surface area contributed by atoms with E-state index >= 15 is 0 Å². The van der Waals surface area contributed by atoms with Gasteiger partial charge in [-0.25, -0.2) is 18.5 Å². The molecular weight excluding hydrogens is 420 g/mol. The van der Waals surface area contributed by atoms with Gasteiger partial charge in [-0.1, -0.05) is 17.3 Å². The molecule has 1 unspecified atom stereocenters. The van der Waals surface area contributed by atoms with Crippen molar-refractivity contribution in [3.05, 3.63) is 65.5 Å². The van der Waals surface area contributed by atoms with Gasteiger partial charge in [0.05, 0.1) is 33.8 Å². The van der Waals surface area contributed by atoms with Gasteiger partial charge in [-0.15, -0.1) is 0 Å². The molecule has 2 N–H and O–H groups in total. The minimum absolute atomic E-state index is 0.0148. The highest BCUT2D eigenvalue weighted by molar-refractivity contribution is 7.89. The Labute approximate surface area is 178 Å². The van der Waals surface area contributed by atoms with Crippen LogP contribution in [0.2, 0.25) is 0 Å². The molecule has 0 radical (unpaired) electrons. The van der Waals surface area contributed by atoms with Gasteiger partial charge >= 0.3 is 0 Å². The number of nitrogens with zero attached hydrogens (tertiary/aromatic N) is 3. The normalized spacial score (nSPS) is 12.8. The van der Waals surface area contributed by atoms with Gasteiger partial charge in [-0.05, 0) is 49.7 Å². The van der Waals surface area contributed by atoms with Crippen LogP contribution in [0.25, 0.3) is 22.6 Å². The van der Waals surface area contributed by atoms with Crippen LogP contribution >= 0.6 is 0 Å². The molecule has 3 heterocycles. The smallest absolute Gasteiger partial charge is 0.259 e. The molecule has 1 aromatic carbocycles. The first-order valence-corrected chi connectivity index (χ1v) is 10.9. The van der Waals surface area contributed by atoms with E-state index in [0.717, 1.165) is 0 Å². The van der Waals surface area contributed by atoms with Crippen LogP contribution in [-0.4, -0.2) is 36.4 Å². The van der Waals surface area contributed by atoms with Crippen LogP contribution < -0.4 is 5.14 Å². The van der Waals surface area contributed by atoms with Crippen LogP contribution in [0.5, 0.6) is 0 Å². The number of hydrogen-bond acceptors (Lipinski definition) is 7. The van der Waals surface area contributed by atoms with Crippen molar-refractivity contribution in [1.29, 1.82) is 0 Å². The second-order valence-corrected chi connectivity index (χ2v) is 8.75. The summed E-state index contributed by atoms with van der Waals surface area (Å²) < 4.78 is 34.1. The van der Waals surface area contributed by atoms with Crippen LogP contribution in [0.15, 0.2) is 62.6 Å². The first-order chi connectivity index (χ1) is 14.7. The van der Waals surface area contributed by atoms with Gasteiger partial charge < -0.3 is 13.8 Å². The van der Waals surface area contributed by atoms with Crippen LogP contribution in [-0.2, 0) is 10.0 Å². The summed E-state index contributed by atoms with van der Waals surface area (Å²) >= 11 is 0.